The summed E-state index contributed by atoms with van der Waals surface area (Å²) in [5.41, 5.74) is 1.56. The van der Waals surface area contributed by atoms with E-state index < -0.39 is 17.5 Å². The fraction of sp³-hybridized carbons (Fsp3) is 0.812. The molecule has 2 atom stereocenters. The molecule has 1 saturated heterocycles. The number of rotatable bonds is 7. The second kappa shape index (κ2) is 5.78. The van der Waals surface area contributed by atoms with Crippen LogP contribution in [-0.4, -0.2) is 51.9 Å². The van der Waals surface area contributed by atoms with Crippen molar-refractivity contribution in [3.63, 3.8) is 0 Å². The van der Waals surface area contributed by atoms with Gasteiger partial charge in [-0.3, -0.25) is 19.9 Å². The molecular weight excluding hydrogens is 296 g/mol. The fourth-order valence-electron chi connectivity index (χ4n) is 3.21. The number of carbonyl (C=O) groups excluding carboxylic acids is 3. The molecule has 0 spiro atoms. The highest BCUT2D eigenvalue weighted by atomic mass is 16.2. The summed E-state index contributed by atoms with van der Waals surface area (Å²) in [6.45, 7) is 5.91. The lowest BCUT2D eigenvalue weighted by atomic mass is 10.00. The van der Waals surface area contributed by atoms with E-state index in [1.54, 1.807) is 6.92 Å². The van der Waals surface area contributed by atoms with Crippen LogP contribution in [0.5, 0.6) is 0 Å². The number of amides is 4. The standard InChI is InChI=1S/C16H26N4O3/c1-4-16(3)14(22)20(15(23)17-16)18-13(21)9-19(12-7-8-12)10(2)11-5-6-11/h10-12H,4-9H2,1-3H3,(H,17,23)(H,18,21). The van der Waals surface area contributed by atoms with Gasteiger partial charge in [0.1, 0.15) is 5.54 Å². The number of carbonyl (C=O) groups is 3. The number of imide groups is 1. The summed E-state index contributed by atoms with van der Waals surface area (Å²) in [5, 5.41) is 3.47. The van der Waals surface area contributed by atoms with Crippen LogP contribution in [0.2, 0.25) is 0 Å². The zero-order valence-electron chi connectivity index (χ0n) is 14.1. The Kier molecular flexibility index (Phi) is 4.08. The molecule has 1 heterocycles. The minimum absolute atomic E-state index is 0.238. The topological polar surface area (TPSA) is 81.8 Å². The van der Waals surface area contributed by atoms with Gasteiger partial charge in [-0.1, -0.05) is 6.92 Å². The number of hydrazine groups is 1. The third-order valence-corrected chi connectivity index (χ3v) is 5.37. The molecule has 3 aliphatic rings. The summed E-state index contributed by atoms with van der Waals surface area (Å²) in [7, 11) is 0. The molecule has 2 unspecified atom stereocenters. The average Bonchev–Trinajstić information content (AvgIpc) is 3.39. The number of hydrogen-bond acceptors (Lipinski definition) is 4. The minimum Gasteiger partial charge on any atom is -0.322 e. The molecule has 1 aliphatic heterocycles. The highest BCUT2D eigenvalue weighted by Crippen LogP contribution is 2.39. The van der Waals surface area contributed by atoms with Crippen molar-refractivity contribution in [3.05, 3.63) is 0 Å². The zero-order chi connectivity index (χ0) is 16.8. The van der Waals surface area contributed by atoms with Crippen molar-refractivity contribution in [3.8, 4) is 0 Å². The quantitative estimate of drug-likeness (QED) is 0.685. The molecule has 0 bridgehead atoms. The lowest BCUT2D eigenvalue weighted by molar-refractivity contribution is -0.139. The van der Waals surface area contributed by atoms with Crippen molar-refractivity contribution < 1.29 is 14.4 Å². The third-order valence-electron chi connectivity index (χ3n) is 5.37. The molecular formula is C16H26N4O3. The molecule has 2 saturated carbocycles. The molecule has 23 heavy (non-hydrogen) atoms. The van der Waals surface area contributed by atoms with Crippen molar-refractivity contribution in [1.82, 2.24) is 20.7 Å². The zero-order valence-corrected chi connectivity index (χ0v) is 14.1. The molecule has 0 aromatic carbocycles. The van der Waals surface area contributed by atoms with Crippen LogP contribution in [0.3, 0.4) is 0 Å². The monoisotopic (exact) mass is 322 g/mol. The van der Waals surface area contributed by atoms with Gasteiger partial charge in [0.2, 0.25) is 0 Å². The van der Waals surface area contributed by atoms with E-state index in [1.165, 1.54) is 12.8 Å². The average molecular weight is 322 g/mol. The van der Waals surface area contributed by atoms with Crippen LogP contribution < -0.4 is 10.7 Å². The number of urea groups is 1. The van der Waals surface area contributed by atoms with Crippen LogP contribution in [0, 0.1) is 5.92 Å². The fourth-order valence-corrected chi connectivity index (χ4v) is 3.21. The van der Waals surface area contributed by atoms with Gasteiger partial charge in [-0.05, 0) is 51.9 Å². The van der Waals surface area contributed by atoms with Crippen molar-refractivity contribution in [1.29, 1.82) is 0 Å². The summed E-state index contributed by atoms with van der Waals surface area (Å²) in [4.78, 5) is 38.8. The Labute approximate surface area is 136 Å². The first-order valence-corrected chi connectivity index (χ1v) is 8.57. The number of nitrogens with one attached hydrogen (secondary N) is 2. The van der Waals surface area contributed by atoms with Crippen LogP contribution in [-0.2, 0) is 9.59 Å². The van der Waals surface area contributed by atoms with E-state index in [9.17, 15) is 14.4 Å². The Hall–Kier alpha value is -1.63. The van der Waals surface area contributed by atoms with Crippen LogP contribution in [0.4, 0.5) is 4.79 Å². The first-order valence-electron chi connectivity index (χ1n) is 8.57. The lowest BCUT2D eigenvalue weighted by Crippen LogP contribution is -2.52. The van der Waals surface area contributed by atoms with Crippen LogP contribution in [0.25, 0.3) is 0 Å². The van der Waals surface area contributed by atoms with E-state index >= 15 is 0 Å². The largest absolute Gasteiger partial charge is 0.344 e. The summed E-state index contributed by atoms with van der Waals surface area (Å²) in [6, 6.07) is 0.304. The van der Waals surface area contributed by atoms with E-state index in [-0.39, 0.29) is 12.5 Å². The van der Waals surface area contributed by atoms with Crippen molar-refractivity contribution >= 4 is 17.8 Å². The summed E-state index contributed by atoms with van der Waals surface area (Å²) < 4.78 is 0. The van der Waals surface area contributed by atoms with Gasteiger partial charge in [0, 0.05) is 12.1 Å². The van der Waals surface area contributed by atoms with E-state index in [4.69, 9.17) is 0 Å². The Morgan fingerprint density at radius 2 is 2.04 bits per heavy atom. The first kappa shape index (κ1) is 16.2. The third kappa shape index (κ3) is 3.20. The second-order valence-electron chi connectivity index (χ2n) is 7.27. The summed E-state index contributed by atoms with van der Waals surface area (Å²) in [6.07, 6.45) is 5.20. The maximum atomic E-state index is 12.4. The molecule has 4 amide bonds. The van der Waals surface area contributed by atoms with E-state index in [0.29, 0.717) is 24.4 Å². The Morgan fingerprint density at radius 3 is 2.52 bits per heavy atom. The Balaban J connectivity index is 1.60. The lowest BCUT2D eigenvalue weighted by Gasteiger charge is -2.29. The second-order valence-corrected chi connectivity index (χ2v) is 7.27. The minimum atomic E-state index is -0.929. The predicted molar refractivity (Wildman–Crippen MR) is 84.1 cm³/mol. The van der Waals surface area contributed by atoms with Gasteiger partial charge in [0.25, 0.3) is 11.8 Å². The van der Waals surface area contributed by atoms with E-state index in [1.807, 2.05) is 6.92 Å². The molecule has 7 heteroatoms. The summed E-state index contributed by atoms with van der Waals surface area (Å²) >= 11 is 0. The van der Waals surface area contributed by atoms with E-state index in [0.717, 1.165) is 17.9 Å². The molecule has 3 fully saturated rings. The van der Waals surface area contributed by atoms with Crippen molar-refractivity contribution in [2.45, 2.75) is 70.5 Å². The molecule has 7 nitrogen and oxygen atoms in total. The highest BCUT2D eigenvalue weighted by Gasteiger charge is 2.48. The van der Waals surface area contributed by atoms with Gasteiger partial charge in [-0.2, -0.15) is 5.01 Å². The number of nitrogens with zero attached hydrogens (tertiary/aromatic N) is 2. The molecule has 0 aromatic rings. The number of hydrogen-bond donors (Lipinski definition) is 2. The summed E-state index contributed by atoms with van der Waals surface area (Å²) in [5.74, 6) is -0.0108. The van der Waals surface area contributed by atoms with Gasteiger partial charge in [-0.15, -0.1) is 0 Å². The maximum absolute atomic E-state index is 12.4. The molecule has 0 radical (unpaired) electrons. The Bertz CT molecular complexity index is 529. The van der Waals surface area contributed by atoms with E-state index in [2.05, 4.69) is 22.6 Å². The SMILES string of the molecule is CCC1(C)NC(=O)N(NC(=O)CN(C2CC2)C(C)C2CC2)C1=O. The maximum Gasteiger partial charge on any atom is 0.344 e. The van der Waals surface area contributed by atoms with Gasteiger partial charge in [0.05, 0.1) is 6.54 Å². The smallest absolute Gasteiger partial charge is 0.322 e. The van der Waals surface area contributed by atoms with Gasteiger partial charge >= 0.3 is 6.03 Å². The van der Waals surface area contributed by atoms with Crippen LogP contribution >= 0.6 is 0 Å². The molecule has 2 N–H and O–H groups in total. The van der Waals surface area contributed by atoms with Crippen molar-refractivity contribution in [2.75, 3.05) is 6.54 Å². The molecule has 128 valence electrons. The molecule has 2 aliphatic carbocycles. The van der Waals surface area contributed by atoms with Gasteiger partial charge in [0.15, 0.2) is 0 Å². The van der Waals surface area contributed by atoms with Crippen molar-refractivity contribution in [2.24, 2.45) is 5.92 Å². The predicted octanol–water partition coefficient (Wildman–Crippen LogP) is 1.00. The van der Waals surface area contributed by atoms with Crippen LogP contribution in [0.1, 0.15) is 52.9 Å². The highest BCUT2D eigenvalue weighted by molar-refractivity contribution is 6.07. The molecule has 3 rings (SSSR count). The molecule has 0 aromatic heterocycles. The normalized spacial score (nSPS) is 29.0. The first-order chi connectivity index (χ1) is 10.9. The van der Waals surface area contributed by atoms with Gasteiger partial charge in [-0.25, -0.2) is 4.79 Å². The van der Waals surface area contributed by atoms with Gasteiger partial charge < -0.3 is 5.32 Å². The van der Waals surface area contributed by atoms with Crippen LogP contribution in [0.15, 0.2) is 0 Å². The Morgan fingerprint density at radius 1 is 1.39 bits per heavy atom.